The number of ether oxygens (including phenoxy) is 1. The fourth-order valence-electron chi connectivity index (χ4n) is 3.29. The molecule has 0 saturated carbocycles. The number of carbonyl (C=O) groups excluding carboxylic acids is 2. The number of rotatable bonds is 5. The molecule has 13 heteroatoms. The molecule has 2 amide bonds. The largest absolute Gasteiger partial charge is 0.573 e. The lowest BCUT2D eigenvalue weighted by atomic mass is 9.92. The third kappa shape index (κ3) is 5.31. The Labute approximate surface area is 188 Å². The van der Waals surface area contributed by atoms with E-state index in [0.29, 0.717) is 5.69 Å². The highest BCUT2D eigenvalue weighted by Gasteiger charge is 2.35. The first-order valence-corrected chi connectivity index (χ1v) is 9.71. The first-order chi connectivity index (χ1) is 16.1. The van der Waals surface area contributed by atoms with Crippen LogP contribution in [0.2, 0.25) is 0 Å². The minimum atomic E-state index is -4.86. The topological polar surface area (TPSA) is 125 Å². The predicted octanol–water partition coefficient (Wildman–Crippen LogP) is 3.62. The number of carbonyl (C=O) groups is 2. The number of amides is 2. The van der Waals surface area contributed by atoms with Crippen LogP contribution in [0.4, 0.5) is 40.7 Å². The SMILES string of the molecule is O=C1CC(C(=O)Nc2ccc(OC(F)(F)F)cc2)c2c(nc(Nc3ccc(F)cc3)[nH]c2=O)N1. The first kappa shape index (κ1) is 22.8. The van der Waals surface area contributed by atoms with Gasteiger partial charge in [0.2, 0.25) is 17.8 Å². The van der Waals surface area contributed by atoms with Crippen LogP contribution in [0.25, 0.3) is 0 Å². The van der Waals surface area contributed by atoms with Gasteiger partial charge in [0.05, 0.1) is 11.5 Å². The average molecular weight is 477 g/mol. The third-order valence-corrected chi connectivity index (χ3v) is 4.73. The van der Waals surface area contributed by atoms with E-state index >= 15 is 0 Å². The molecule has 2 aromatic carbocycles. The van der Waals surface area contributed by atoms with Crippen molar-refractivity contribution in [3.8, 4) is 5.75 Å². The Kier molecular flexibility index (Phi) is 5.92. The zero-order valence-electron chi connectivity index (χ0n) is 17.0. The second-order valence-electron chi connectivity index (χ2n) is 7.18. The van der Waals surface area contributed by atoms with E-state index in [2.05, 4.69) is 30.7 Å². The summed E-state index contributed by atoms with van der Waals surface area (Å²) in [6.45, 7) is 0. The van der Waals surface area contributed by atoms with E-state index in [1.807, 2.05) is 0 Å². The molecule has 1 aromatic heterocycles. The van der Waals surface area contributed by atoms with Crippen LogP contribution in [0, 0.1) is 5.82 Å². The van der Waals surface area contributed by atoms with Gasteiger partial charge in [-0.25, -0.2) is 4.39 Å². The monoisotopic (exact) mass is 477 g/mol. The summed E-state index contributed by atoms with van der Waals surface area (Å²) in [7, 11) is 0. The van der Waals surface area contributed by atoms with Crippen molar-refractivity contribution >= 4 is 35.0 Å². The molecule has 1 aliphatic heterocycles. The molecular weight excluding hydrogens is 462 g/mol. The van der Waals surface area contributed by atoms with Crippen molar-refractivity contribution in [3.05, 3.63) is 70.3 Å². The number of H-pyrrole nitrogens is 1. The number of benzene rings is 2. The molecule has 0 spiro atoms. The number of nitrogens with one attached hydrogen (secondary N) is 4. The van der Waals surface area contributed by atoms with Gasteiger partial charge in [-0.1, -0.05) is 0 Å². The maximum atomic E-state index is 13.1. The van der Waals surface area contributed by atoms with Gasteiger partial charge < -0.3 is 20.7 Å². The number of hydrogen-bond donors (Lipinski definition) is 4. The molecule has 0 saturated heterocycles. The molecular formula is C21H15F4N5O4. The van der Waals surface area contributed by atoms with Crippen molar-refractivity contribution in [2.75, 3.05) is 16.0 Å². The number of fused-ring (bicyclic) bond motifs is 1. The summed E-state index contributed by atoms with van der Waals surface area (Å²) in [5.41, 5.74) is -0.229. The second kappa shape index (κ2) is 8.84. The van der Waals surface area contributed by atoms with Crippen LogP contribution in [0.15, 0.2) is 53.3 Å². The van der Waals surface area contributed by atoms with E-state index in [1.165, 1.54) is 36.4 Å². The normalized spacial score (nSPS) is 15.2. The van der Waals surface area contributed by atoms with Gasteiger partial charge in [0.25, 0.3) is 5.56 Å². The van der Waals surface area contributed by atoms with Gasteiger partial charge in [0.15, 0.2) is 0 Å². The summed E-state index contributed by atoms with van der Waals surface area (Å²) in [5, 5.41) is 7.67. The van der Waals surface area contributed by atoms with Gasteiger partial charge in [-0.2, -0.15) is 4.98 Å². The van der Waals surface area contributed by atoms with Crippen molar-refractivity contribution in [1.29, 1.82) is 0 Å². The lowest BCUT2D eigenvalue weighted by molar-refractivity contribution is -0.274. The Morgan fingerprint density at radius 2 is 1.68 bits per heavy atom. The minimum Gasteiger partial charge on any atom is -0.406 e. The number of aromatic amines is 1. The highest BCUT2D eigenvalue weighted by atomic mass is 19.4. The van der Waals surface area contributed by atoms with Crippen molar-refractivity contribution in [2.45, 2.75) is 18.7 Å². The van der Waals surface area contributed by atoms with Gasteiger partial charge in [-0.15, -0.1) is 13.2 Å². The first-order valence-electron chi connectivity index (χ1n) is 9.71. The van der Waals surface area contributed by atoms with Gasteiger partial charge in [-0.05, 0) is 48.5 Å². The molecule has 4 N–H and O–H groups in total. The molecule has 0 radical (unpaired) electrons. The molecule has 3 aromatic rings. The molecule has 176 valence electrons. The summed E-state index contributed by atoms with van der Waals surface area (Å²) >= 11 is 0. The maximum Gasteiger partial charge on any atom is 0.573 e. The molecule has 9 nitrogen and oxygen atoms in total. The summed E-state index contributed by atoms with van der Waals surface area (Å²) in [6.07, 6.45) is -5.20. The van der Waals surface area contributed by atoms with Crippen molar-refractivity contribution in [3.63, 3.8) is 0 Å². The number of anilines is 4. The van der Waals surface area contributed by atoms with Crippen molar-refractivity contribution < 1.29 is 31.9 Å². The maximum absolute atomic E-state index is 13.1. The summed E-state index contributed by atoms with van der Waals surface area (Å²) in [4.78, 5) is 44.3. The number of halogens is 4. The summed E-state index contributed by atoms with van der Waals surface area (Å²) in [5.74, 6) is -3.60. The Hall–Kier alpha value is -4.42. The van der Waals surface area contributed by atoms with Crippen LogP contribution in [0.5, 0.6) is 5.75 Å². The van der Waals surface area contributed by atoms with Crippen molar-refractivity contribution in [2.24, 2.45) is 0 Å². The lowest BCUT2D eigenvalue weighted by Gasteiger charge is -2.23. The van der Waals surface area contributed by atoms with Gasteiger partial charge in [0.1, 0.15) is 17.4 Å². The number of hydrogen-bond acceptors (Lipinski definition) is 6. The van der Waals surface area contributed by atoms with E-state index in [9.17, 15) is 31.9 Å². The predicted molar refractivity (Wildman–Crippen MR) is 112 cm³/mol. The quantitative estimate of drug-likeness (QED) is 0.416. The summed E-state index contributed by atoms with van der Waals surface area (Å²) in [6, 6.07) is 9.59. The Morgan fingerprint density at radius 1 is 1.03 bits per heavy atom. The molecule has 0 aliphatic carbocycles. The zero-order valence-corrected chi connectivity index (χ0v) is 17.0. The van der Waals surface area contributed by atoms with E-state index in [4.69, 9.17) is 0 Å². The zero-order chi connectivity index (χ0) is 24.5. The van der Waals surface area contributed by atoms with Crippen LogP contribution in [0.3, 0.4) is 0 Å². The second-order valence-corrected chi connectivity index (χ2v) is 7.18. The Morgan fingerprint density at radius 3 is 2.32 bits per heavy atom. The van der Waals surface area contributed by atoms with E-state index in [-0.39, 0.29) is 29.4 Å². The molecule has 0 fully saturated rings. The van der Waals surface area contributed by atoms with Gasteiger partial charge in [-0.3, -0.25) is 19.4 Å². The van der Waals surface area contributed by atoms with E-state index in [0.717, 1.165) is 12.1 Å². The molecule has 1 unspecified atom stereocenters. The molecule has 0 bridgehead atoms. The van der Waals surface area contributed by atoms with Crippen LogP contribution in [-0.4, -0.2) is 28.1 Å². The van der Waals surface area contributed by atoms with Gasteiger partial charge in [0, 0.05) is 17.8 Å². The Balaban J connectivity index is 1.55. The van der Waals surface area contributed by atoms with Crippen LogP contribution >= 0.6 is 0 Å². The molecule has 4 rings (SSSR count). The van der Waals surface area contributed by atoms with E-state index in [1.54, 1.807) is 0 Å². The minimum absolute atomic E-state index is 0.0445. The molecule has 1 atom stereocenters. The van der Waals surface area contributed by atoms with Crippen LogP contribution < -0.4 is 26.2 Å². The lowest BCUT2D eigenvalue weighted by Crippen LogP contribution is -2.36. The highest BCUT2D eigenvalue weighted by Crippen LogP contribution is 2.31. The van der Waals surface area contributed by atoms with Crippen LogP contribution in [0.1, 0.15) is 17.9 Å². The number of alkyl halides is 3. The molecule has 2 heterocycles. The fourth-order valence-corrected chi connectivity index (χ4v) is 3.29. The highest BCUT2D eigenvalue weighted by molar-refractivity contribution is 6.04. The average Bonchev–Trinajstić information content (AvgIpc) is 2.75. The molecule has 1 aliphatic rings. The number of aromatic nitrogens is 2. The smallest absolute Gasteiger partial charge is 0.406 e. The van der Waals surface area contributed by atoms with Crippen LogP contribution in [-0.2, 0) is 9.59 Å². The van der Waals surface area contributed by atoms with Gasteiger partial charge >= 0.3 is 6.36 Å². The summed E-state index contributed by atoms with van der Waals surface area (Å²) < 4.78 is 53.7. The standard InChI is InChI=1S/C21H15F4N5O4/c22-10-1-3-12(4-2-10)27-20-29-17-16(19(33)30-20)14(9-15(31)28-17)18(32)26-11-5-7-13(8-6-11)34-21(23,24)25/h1-8,14H,9H2,(H,26,32)(H3,27,28,29,30,31,33). The number of nitrogens with zero attached hydrogens (tertiary/aromatic N) is 1. The van der Waals surface area contributed by atoms with Crippen molar-refractivity contribution in [1.82, 2.24) is 9.97 Å². The fraction of sp³-hybridized carbons (Fsp3) is 0.143. The third-order valence-electron chi connectivity index (χ3n) is 4.73. The molecule has 34 heavy (non-hydrogen) atoms. The Bertz CT molecular complexity index is 1290. The van der Waals surface area contributed by atoms with E-state index < -0.39 is 41.2 Å².